The van der Waals surface area contributed by atoms with E-state index in [1.807, 2.05) is 0 Å². The third-order valence-electron chi connectivity index (χ3n) is 5.30. The molecule has 0 spiro atoms. The zero-order valence-corrected chi connectivity index (χ0v) is 17.5. The summed E-state index contributed by atoms with van der Waals surface area (Å²) in [6, 6.07) is 10.1. The minimum atomic E-state index is -4.10. The van der Waals surface area contributed by atoms with Crippen LogP contribution in [0.3, 0.4) is 0 Å². The van der Waals surface area contributed by atoms with E-state index < -0.39 is 26.6 Å². The fourth-order valence-electron chi connectivity index (χ4n) is 3.68. The number of rotatable bonds is 5. The standard InChI is InChI=1S/C21H22FN3O5S/c22-16-8-7-15(14-19(16)31(28,29)24-10-12-30-13-11-24)21(27)23-17-4-1-2-5-18(17)25-9-3-6-20(25)26/h1-2,4-5,7-8,14H,3,6,9-13H2,(H,23,27). The van der Waals surface area contributed by atoms with Crippen molar-refractivity contribution in [2.45, 2.75) is 17.7 Å². The van der Waals surface area contributed by atoms with Gasteiger partial charge in [0, 0.05) is 31.6 Å². The van der Waals surface area contributed by atoms with Crippen LogP contribution >= 0.6 is 0 Å². The minimum absolute atomic E-state index is 0.00390. The van der Waals surface area contributed by atoms with Crippen LogP contribution in [-0.4, -0.2) is 57.4 Å². The Labute approximate surface area is 179 Å². The van der Waals surface area contributed by atoms with Crippen LogP contribution in [0.4, 0.5) is 15.8 Å². The molecule has 2 saturated heterocycles. The molecule has 0 bridgehead atoms. The average Bonchev–Trinajstić information content (AvgIpc) is 3.20. The summed E-state index contributed by atoms with van der Waals surface area (Å²) in [6.07, 6.45) is 1.19. The first-order chi connectivity index (χ1) is 14.9. The van der Waals surface area contributed by atoms with Gasteiger partial charge in [-0.15, -0.1) is 0 Å². The number of para-hydroxylation sites is 2. The molecule has 0 aromatic heterocycles. The molecule has 2 aliphatic rings. The van der Waals surface area contributed by atoms with Crippen LogP contribution in [0.2, 0.25) is 0 Å². The van der Waals surface area contributed by atoms with Gasteiger partial charge in [0.05, 0.1) is 24.6 Å². The summed E-state index contributed by atoms with van der Waals surface area (Å²) in [7, 11) is -4.10. The van der Waals surface area contributed by atoms with Crippen LogP contribution in [0.1, 0.15) is 23.2 Å². The summed E-state index contributed by atoms with van der Waals surface area (Å²) in [5.41, 5.74) is 0.988. The van der Waals surface area contributed by atoms with Crippen LogP contribution < -0.4 is 10.2 Å². The SMILES string of the molecule is O=C(Nc1ccccc1N1CCCC1=O)c1ccc(F)c(S(=O)(=O)N2CCOCC2)c1. The zero-order valence-electron chi connectivity index (χ0n) is 16.7. The average molecular weight is 447 g/mol. The molecule has 0 saturated carbocycles. The number of morpholine rings is 1. The molecular weight excluding hydrogens is 425 g/mol. The Hall–Kier alpha value is -2.82. The predicted octanol–water partition coefficient (Wildman–Crippen LogP) is 2.23. The number of nitrogens with one attached hydrogen (secondary N) is 1. The van der Waals surface area contributed by atoms with Gasteiger partial charge in [0.1, 0.15) is 10.7 Å². The lowest BCUT2D eigenvalue weighted by atomic mass is 10.2. The van der Waals surface area contributed by atoms with E-state index in [9.17, 15) is 22.4 Å². The number of ether oxygens (including phenoxy) is 1. The number of benzene rings is 2. The molecule has 2 amide bonds. The van der Waals surface area contributed by atoms with Gasteiger partial charge in [-0.25, -0.2) is 12.8 Å². The molecule has 0 aliphatic carbocycles. The third kappa shape index (κ3) is 4.32. The molecule has 2 aromatic rings. The molecule has 8 nitrogen and oxygen atoms in total. The van der Waals surface area contributed by atoms with Gasteiger partial charge in [-0.2, -0.15) is 4.31 Å². The highest BCUT2D eigenvalue weighted by atomic mass is 32.2. The summed E-state index contributed by atoms with van der Waals surface area (Å²) in [4.78, 5) is 26.0. The third-order valence-corrected chi connectivity index (χ3v) is 7.21. The molecule has 164 valence electrons. The highest BCUT2D eigenvalue weighted by Gasteiger charge is 2.30. The van der Waals surface area contributed by atoms with Crippen LogP contribution in [0.15, 0.2) is 47.4 Å². The molecule has 0 atom stereocenters. The molecule has 0 radical (unpaired) electrons. The van der Waals surface area contributed by atoms with Crippen molar-refractivity contribution in [1.82, 2.24) is 4.31 Å². The van der Waals surface area contributed by atoms with Crippen molar-refractivity contribution in [1.29, 1.82) is 0 Å². The number of sulfonamides is 1. The molecule has 10 heteroatoms. The van der Waals surface area contributed by atoms with E-state index >= 15 is 0 Å². The van der Waals surface area contributed by atoms with Gasteiger partial charge < -0.3 is 15.0 Å². The van der Waals surface area contributed by atoms with E-state index in [0.717, 1.165) is 22.9 Å². The fourth-order valence-corrected chi connectivity index (χ4v) is 5.18. The molecule has 31 heavy (non-hydrogen) atoms. The zero-order chi connectivity index (χ0) is 22.0. The molecular formula is C21H22FN3O5S. The van der Waals surface area contributed by atoms with E-state index in [4.69, 9.17) is 4.74 Å². The number of carbonyl (C=O) groups is 2. The van der Waals surface area contributed by atoms with Gasteiger partial charge in [-0.1, -0.05) is 12.1 Å². The highest BCUT2D eigenvalue weighted by molar-refractivity contribution is 7.89. The first-order valence-electron chi connectivity index (χ1n) is 9.96. The first kappa shape index (κ1) is 21.4. The summed E-state index contributed by atoms with van der Waals surface area (Å²) >= 11 is 0. The van der Waals surface area contributed by atoms with Gasteiger partial charge in [0.15, 0.2) is 0 Å². The van der Waals surface area contributed by atoms with E-state index in [1.54, 1.807) is 29.2 Å². The Bertz CT molecular complexity index is 1120. The molecule has 2 heterocycles. The van der Waals surface area contributed by atoms with Gasteiger partial charge in [0.25, 0.3) is 5.91 Å². The van der Waals surface area contributed by atoms with Crippen LogP contribution in [0.25, 0.3) is 0 Å². The largest absolute Gasteiger partial charge is 0.379 e. The normalized spacial score (nSPS) is 17.7. The van der Waals surface area contributed by atoms with Crippen molar-refractivity contribution in [3.63, 3.8) is 0 Å². The Morgan fingerprint density at radius 3 is 2.52 bits per heavy atom. The summed E-state index contributed by atoms with van der Waals surface area (Å²) in [6.45, 7) is 1.26. The number of hydrogen-bond donors (Lipinski definition) is 1. The number of amides is 2. The minimum Gasteiger partial charge on any atom is -0.379 e. The lowest BCUT2D eigenvalue weighted by Gasteiger charge is -2.26. The molecule has 0 unspecified atom stereocenters. The lowest BCUT2D eigenvalue weighted by Crippen LogP contribution is -2.41. The number of halogens is 1. The quantitative estimate of drug-likeness (QED) is 0.758. The second kappa shape index (κ2) is 8.74. The molecule has 1 N–H and O–H groups in total. The predicted molar refractivity (Wildman–Crippen MR) is 112 cm³/mol. The summed E-state index contributed by atoms with van der Waals surface area (Å²) < 4.78 is 46.4. The molecule has 2 aliphatic heterocycles. The fraction of sp³-hybridized carbons (Fsp3) is 0.333. The summed E-state index contributed by atoms with van der Waals surface area (Å²) in [5.74, 6) is -1.55. The smallest absolute Gasteiger partial charge is 0.255 e. The van der Waals surface area contributed by atoms with Gasteiger partial charge in [-0.05, 0) is 36.8 Å². The van der Waals surface area contributed by atoms with Gasteiger partial charge >= 0.3 is 0 Å². The maximum absolute atomic E-state index is 14.4. The van der Waals surface area contributed by atoms with E-state index in [2.05, 4.69) is 5.32 Å². The number of nitrogens with zero attached hydrogens (tertiary/aromatic N) is 2. The lowest BCUT2D eigenvalue weighted by molar-refractivity contribution is -0.117. The Morgan fingerprint density at radius 1 is 1.06 bits per heavy atom. The second-order valence-corrected chi connectivity index (χ2v) is 9.19. The van der Waals surface area contributed by atoms with E-state index in [0.29, 0.717) is 24.3 Å². The van der Waals surface area contributed by atoms with Gasteiger partial charge in [0.2, 0.25) is 15.9 Å². The number of hydrogen-bond acceptors (Lipinski definition) is 5. The Balaban J connectivity index is 1.61. The van der Waals surface area contributed by atoms with Crippen molar-refractivity contribution < 1.29 is 27.1 Å². The molecule has 2 fully saturated rings. The first-order valence-corrected chi connectivity index (χ1v) is 11.4. The molecule has 4 rings (SSSR count). The van der Waals surface area contributed by atoms with Crippen LogP contribution in [0.5, 0.6) is 0 Å². The maximum atomic E-state index is 14.4. The Kier molecular flexibility index (Phi) is 6.03. The van der Waals surface area contributed by atoms with Crippen molar-refractivity contribution in [2.24, 2.45) is 0 Å². The van der Waals surface area contributed by atoms with Gasteiger partial charge in [-0.3, -0.25) is 9.59 Å². The maximum Gasteiger partial charge on any atom is 0.255 e. The topological polar surface area (TPSA) is 96.0 Å². The van der Waals surface area contributed by atoms with Crippen molar-refractivity contribution >= 4 is 33.2 Å². The monoisotopic (exact) mass is 447 g/mol. The van der Waals surface area contributed by atoms with E-state index in [-0.39, 0.29) is 37.8 Å². The Morgan fingerprint density at radius 2 is 1.81 bits per heavy atom. The highest BCUT2D eigenvalue weighted by Crippen LogP contribution is 2.30. The van der Waals surface area contributed by atoms with Crippen LogP contribution in [0, 0.1) is 5.82 Å². The molecule has 2 aromatic carbocycles. The van der Waals surface area contributed by atoms with Crippen LogP contribution in [-0.2, 0) is 19.6 Å². The van der Waals surface area contributed by atoms with Crippen molar-refractivity contribution in [2.75, 3.05) is 43.1 Å². The number of anilines is 2. The van der Waals surface area contributed by atoms with E-state index in [1.165, 1.54) is 6.07 Å². The number of carbonyl (C=O) groups excluding carboxylic acids is 2. The van der Waals surface area contributed by atoms with Crippen molar-refractivity contribution in [3.05, 3.63) is 53.8 Å². The van der Waals surface area contributed by atoms with Crippen molar-refractivity contribution in [3.8, 4) is 0 Å². The summed E-state index contributed by atoms with van der Waals surface area (Å²) in [5, 5.41) is 2.72. The second-order valence-electron chi connectivity index (χ2n) is 7.28.